The van der Waals surface area contributed by atoms with Crippen molar-refractivity contribution in [2.45, 2.75) is 66.0 Å². The van der Waals surface area contributed by atoms with Crippen molar-refractivity contribution in [3.8, 4) is 0 Å². The van der Waals surface area contributed by atoms with Crippen molar-refractivity contribution >= 4 is 11.8 Å². The van der Waals surface area contributed by atoms with Crippen molar-refractivity contribution in [2.24, 2.45) is 5.41 Å². The normalized spacial score (nSPS) is 25.1. The van der Waals surface area contributed by atoms with Gasteiger partial charge in [0.25, 0.3) is 0 Å². The van der Waals surface area contributed by atoms with Crippen molar-refractivity contribution in [2.75, 3.05) is 13.2 Å². The zero-order valence-electron chi connectivity index (χ0n) is 12.9. The van der Waals surface area contributed by atoms with Crippen LogP contribution in [-0.4, -0.2) is 41.9 Å². The average molecular weight is 269 g/mol. The Labute approximate surface area is 116 Å². The molecule has 1 rings (SSSR count). The van der Waals surface area contributed by atoms with Crippen LogP contribution < -0.4 is 0 Å². The summed E-state index contributed by atoms with van der Waals surface area (Å²) in [5.74, 6) is -0.469. The van der Waals surface area contributed by atoms with Gasteiger partial charge in [0.1, 0.15) is 5.41 Å². The summed E-state index contributed by atoms with van der Waals surface area (Å²) in [5.41, 5.74) is -1.05. The predicted octanol–water partition coefficient (Wildman–Crippen LogP) is 2.41. The van der Waals surface area contributed by atoms with Gasteiger partial charge in [-0.2, -0.15) is 0 Å². The average Bonchev–Trinajstić information content (AvgIpc) is 2.34. The Bertz CT molecular complexity index is 328. The maximum atomic E-state index is 12.4. The fourth-order valence-electron chi connectivity index (χ4n) is 2.58. The minimum Gasteiger partial charge on any atom is -0.465 e. The van der Waals surface area contributed by atoms with E-state index in [1.165, 1.54) is 6.42 Å². The summed E-state index contributed by atoms with van der Waals surface area (Å²) in [4.78, 5) is 26.5. The molecule has 19 heavy (non-hydrogen) atoms. The molecule has 0 aromatic carbocycles. The van der Waals surface area contributed by atoms with E-state index in [1.807, 2.05) is 0 Å². The van der Waals surface area contributed by atoms with E-state index in [1.54, 1.807) is 20.8 Å². The van der Waals surface area contributed by atoms with Crippen LogP contribution in [0.4, 0.5) is 0 Å². The zero-order valence-corrected chi connectivity index (χ0v) is 12.9. The third-order valence-electron chi connectivity index (χ3n) is 4.19. The highest BCUT2D eigenvalue weighted by atomic mass is 16.5. The molecule has 0 aliphatic carbocycles. The van der Waals surface area contributed by atoms with Gasteiger partial charge in [-0.25, -0.2) is 0 Å². The first-order valence-electron chi connectivity index (χ1n) is 7.27. The van der Waals surface area contributed by atoms with E-state index in [4.69, 9.17) is 4.74 Å². The van der Waals surface area contributed by atoms with Crippen LogP contribution in [0.5, 0.6) is 0 Å². The summed E-state index contributed by atoms with van der Waals surface area (Å²) < 4.78 is 4.99. The molecule has 2 atom stereocenters. The number of carbonyl (C=O) groups is 2. The molecule has 110 valence electrons. The molecule has 0 aromatic rings. The number of rotatable bonds is 5. The first-order valence-corrected chi connectivity index (χ1v) is 7.27. The number of piperidine rings is 1. The summed E-state index contributed by atoms with van der Waals surface area (Å²) in [6.07, 6.45) is 3.46. The van der Waals surface area contributed by atoms with Gasteiger partial charge in [0, 0.05) is 12.1 Å². The smallest absolute Gasteiger partial charge is 0.319 e. The maximum absolute atomic E-state index is 12.4. The van der Waals surface area contributed by atoms with Gasteiger partial charge in [0.2, 0.25) is 0 Å². The second-order valence-corrected chi connectivity index (χ2v) is 6.07. The van der Waals surface area contributed by atoms with Gasteiger partial charge in [-0.3, -0.25) is 14.5 Å². The van der Waals surface area contributed by atoms with Crippen LogP contribution >= 0.6 is 0 Å². The number of ketones is 1. The highest BCUT2D eigenvalue weighted by Gasteiger charge is 2.39. The third kappa shape index (κ3) is 3.78. The van der Waals surface area contributed by atoms with Crippen molar-refractivity contribution in [3.63, 3.8) is 0 Å². The van der Waals surface area contributed by atoms with Crippen molar-refractivity contribution in [1.82, 2.24) is 4.90 Å². The molecular weight excluding hydrogens is 242 g/mol. The molecule has 1 fully saturated rings. The van der Waals surface area contributed by atoms with E-state index >= 15 is 0 Å². The first-order chi connectivity index (χ1) is 8.80. The lowest BCUT2D eigenvalue weighted by Gasteiger charge is -2.39. The lowest BCUT2D eigenvalue weighted by Crippen LogP contribution is -2.50. The van der Waals surface area contributed by atoms with Crippen molar-refractivity contribution in [1.29, 1.82) is 0 Å². The van der Waals surface area contributed by atoms with Gasteiger partial charge in [0.15, 0.2) is 5.78 Å². The van der Waals surface area contributed by atoms with Crippen LogP contribution in [0.3, 0.4) is 0 Å². The highest BCUT2D eigenvalue weighted by molar-refractivity contribution is 6.03. The minimum absolute atomic E-state index is 0.0495. The number of nitrogens with zero attached hydrogens (tertiary/aromatic N) is 1. The van der Waals surface area contributed by atoms with Crippen molar-refractivity contribution < 1.29 is 14.3 Å². The third-order valence-corrected chi connectivity index (χ3v) is 4.19. The molecule has 0 spiro atoms. The summed E-state index contributed by atoms with van der Waals surface area (Å²) in [6.45, 7) is 10.0. The molecule has 0 aromatic heterocycles. The van der Waals surface area contributed by atoms with Crippen molar-refractivity contribution in [3.05, 3.63) is 0 Å². The topological polar surface area (TPSA) is 46.6 Å². The zero-order chi connectivity index (χ0) is 14.6. The molecule has 0 radical (unpaired) electrons. The molecule has 4 nitrogen and oxygen atoms in total. The molecule has 0 saturated carbocycles. The Hall–Kier alpha value is -0.900. The number of Topliss-reactive ketones (excluding diaryl/α,β-unsaturated/α-hetero) is 1. The quantitative estimate of drug-likeness (QED) is 0.568. The minimum atomic E-state index is -1.05. The number of hydrogen-bond acceptors (Lipinski definition) is 4. The van der Waals surface area contributed by atoms with E-state index in [0.717, 1.165) is 12.8 Å². The Balaban J connectivity index is 2.69. The van der Waals surface area contributed by atoms with Gasteiger partial charge < -0.3 is 4.74 Å². The molecule has 1 heterocycles. The SMILES string of the molecule is CCOC(=O)C(C)(C)C(=O)CN1[C@H](C)CCC[C@@H]1C. The van der Waals surface area contributed by atoms with Crippen LogP contribution in [0.25, 0.3) is 0 Å². The molecule has 1 saturated heterocycles. The fraction of sp³-hybridized carbons (Fsp3) is 0.867. The van der Waals surface area contributed by atoms with Gasteiger partial charge in [-0.15, -0.1) is 0 Å². The number of ether oxygens (including phenoxy) is 1. The second kappa shape index (κ2) is 6.51. The standard InChI is InChI=1S/C15H27NO3/c1-6-19-14(18)15(4,5)13(17)10-16-11(2)8-7-9-12(16)3/h11-12H,6-10H2,1-5H3/t11-,12+. The second-order valence-electron chi connectivity index (χ2n) is 6.07. The van der Waals surface area contributed by atoms with Crippen LogP contribution in [0, 0.1) is 5.41 Å². The van der Waals surface area contributed by atoms with Gasteiger partial charge in [-0.1, -0.05) is 6.42 Å². The van der Waals surface area contributed by atoms with E-state index in [2.05, 4.69) is 18.7 Å². The Kier molecular flexibility index (Phi) is 5.53. The van der Waals surface area contributed by atoms with Crippen LogP contribution in [0.15, 0.2) is 0 Å². The van der Waals surface area contributed by atoms with E-state index < -0.39 is 11.4 Å². The highest BCUT2D eigenvalue weighted by Crippen LogP contribution is 2.25. The summed E-state index contributed by atoms with van der Waals surface area (Å²) >= 11 is 0. The Morgan fingerprint density at radius 3 is 2.21 bits per heavy atom. The first kappa shape index (κ1) is 16.2. The fourth-order valence-corrected chi connectivity index (χ4v) is 2.58. The molecule has 0 unspecified atom stereocenters. The van der Waals surface area contributed by atoms with Crippen LogP contribution in [0.2, 0.25) is 0 Å². The molecule has 1 aliphatic rings. The summed E-state index contributed by atoms with van der Waals surface area (Å²) in [6, 6.07) is 0.816. The summed E-state index contributed by atoms with van der Waals surface area (Å²) in [5, 5.41) is 0. The van der Waals surface area contributed by atoms with Gasteiger partial charge in [-0.05, 0) is 47.5 Å². The van der Waals surface area contributed by atoms with Crippen LogP contribution in [0.1, 0.15) is 53.9 Å². The number of esters is 1. The maximum Gasteiger partial charge on any atom is 0.319 e. The molecule has 4 heteroatoms. The summed E-state index contributed by atoms with van der Waals surface area (Å²) in [7, 11) is 0. The Morgan fingerprint density at radius 1 is 1.21 bits per heavy atom. The number of hydrogen-bond donors (Lipinski definition) is 0. The van der Waals surface area contributed by atoms with Gasteiger partial charge in [0.05, 0.1) is 13.2 Å². The number of likely N-dealkylation sites (tertiary alicyclic amines) is 1. The molecule has 0 amide bonds. The lowest BCUT2D eigenvalue weighted by molar-refractivity contribution is -0.158. The van der Waals surface area contributed by atoms with E-state index in [9.17, 15) is 9.59 Å². The molecule has 0 N–H and O–H groups in total. The molecular formula is C15H27NO3. The largest absolute Gasteiger partial charge is 0.465 e. The van der Waals surface area contributed by atoms with Crippen LogP contribution in [-0.2, 0) is 14.3 Å². The Morgan fingerprint density at radius 2 is 1.74 bits per heavy atom. The molecule has 0 bridgehead atoms. The lowest BCUT2D eigenvalue weighted by atomic mass is 9.86. The van der Waals surface area contributed by atoms with E-state index in [-0.39, 0.29) is 5.78 Å². The van der Waals surface area contributed by atoms with E-state index in [0.29, 0.717) is 25.2 Å². The number of carbonyl (C=O) groups excluding carboxylic acids is 2. The predicted molar refractivity (Wildman–Crippen MR) is 74.9 cm³/mol. The molecule has 1 aliphatic heterocycles. The van der Waals surface area contributed by atoms with Gasteiger partial charge >= 0.3 is 5.97 Å². The monoisotopic (exact) mass is 269 g/mol.